The van der Waals surface area contributed by atoms with Crippen molar-refractivity contribution >= 4 is 60.2 Å². The zero-order valence-electron chi connectivity index (χ0n) is 22.5. The third-order valence-corrected chi connectivity index (χ3v) is 8.42. The molecule has 0 atom stereocenters. The van der Waals surface area contributed by atoms with Crippen LogP contribution in [0.3, 0.4) is 0 Å². The van der Waals surface area contributed by atoms with Gasteiger partial charge in [0.15, 0.2) is 17.0 Å². The van der Waals surface area contributed by atoms with E-state index in [4.69, 9.17) is 20.7 Å². The minimum absolute atomic E-state index is 0. The molecule has 0 bridgehead atoms. The first-order valence-electron chi connectivity index (χ1n) is 14.0. The molecule has 1 aromatic carbocycles. The van der Waals surface area contributed by atoms with Gasteiger partial charge in [-0.2, -0.15) is 9.97 Å². The van der Waals surface area contributed by atoms with Crippen LogP contribution in [0.2, 0.25) is 0 Å². The Morgan fingerprint density at radius 2 is 1.46 bits per heavy atom. The average Bonchev–Trinajstić information content (AvgIpc) is 3.58. The van der Waals surface area contributed by atoms with Gasteiger partial charge in [-0.15, -0.1) is 37.2 Å². The fourth-order valence-corrected chi connectivity index (χ4v) is 6.25. The molecule has 216 valence electrons. The van der Waals surface area contributed by atoms with Gasteiger partial charge < -0.3 is 20.9 Å². The summed E-state index contributed by atoms with van der Waals surface area (Å²) in [6.07, 6.45) is 13.5. The Morgan fingerprint density at radius 1 is 0.795 bits per heavy atom. The molecule has 1 saturated heterocycles. The van der Waals surface area contributed by atoms with E-state index in [1.807, 2.05) is 6.33 Å². The number of benzene rings is 1. The summed E-state index contributed by atoms with van der Waals surface area (Å²) in [5, 5.41) is 7.43. The molecular weight excluding hydrogens is 555 g/mol. The lowest BCUT2D eigenvalue weighted by atomic mass is 9.92. The standard InChI is InChI=1S/C28H40N8.3ClH/c29-21-10-12-22(13-11-21)31-26-25-27(36(19-30-25)24-8-4-5-9-24)34-28(33-26)32-23-14-16-35(17-15-23)18-20-6-2-1-3-7-20;;;/h1-3,6-7,19,21-24H,4-5,8-18,29H2,(H2,31,32,33,34);3*1H. The Morgan fingerprint density at radius 3 is 2.15 bits per heavy atom. The third-order valence-electron chi connectivity index (χ3n) is 8.42. The highest BCUT2D eigenvalue weighted by molar-refractivity contribution is 5.86. The van der Waals surface area contributed by atoms with Crippen molar-refractivity contribution in [2.24, 2.45) is 5.73 Å². The maximum absolute atomic E-state index is 6.15. The molecule has 11 heteroatoms. The van der Waals surface area contributed by atoms with Crippen LogP contribution in [0.1, 0.15) is 75.8 Å². The predicted octanol–water partition coefficient (Wildman–Crippen LogP) is 5.97. The van der Waals surface area contributed by atoms with Crippen LogP contribution in [0.4, 0.5) is 11.8 Å². The number of aromatic nitrogens is 4. The quantitative estimate of drug-likeness (QED) is 0.309. The van der Waals surface area contributed by atoms with Crippen LogP contribution in [-0.2, 0) is 6.54 Å². The highest BCUT2D eigenvalue weighted by Gasteiger charge is 2.26. The van der Waals surface area contributed by atoms with E-state index in [0.29, 0.717) is 24.2 Å². The van der Waals surface area contributed by atoms with Crippen LogP contribution in [0.5, 0.6) is 0 Å². The summed E-state index contributed by atoms with van der Waals surface area (Å²) < 4.78 is 2.31. The molecule has 1 aliphatic heterocycles. The van der Waals surface area contributed by atoms with E-state index < -0.39 is 0 Å². The molecule has 0 amide bonds. The molecule has 2 saturated carbocycles. The predicted molar refractivity (Wildman–Crippen MR) is 167 cm³/mol. The minimum Gasteiger partial charge on any atom is -0.365 e. The lowest BCUT2D eigenvalue weighted by Gasteiger charge is -2.32. The van der Waals surface area contributed by atoms with Crippen molar-refractivity contribution in [3.05, 3.63) is 42.2 Å². The van der Waals surface area contributed by atoms with Gasteiger partial charge in [0.2, 0.25) is 5.95 Å². The second-order valence-corrected chi connectivity index (χ2v) is 11.1. The van der Waals surface area contributed by atoms with Gasteiger partial charge in [-0.1, -0.05) is 43.2 Å². The summed E-state index contributed by atoms with van der Waals surface area (Å²) >= 11 is 0. The number of halogens is 3. The number of likely N-dealkylation sites (tertiary alicyclic amines) is 1. The summed E-state index contributed by atoms with van der Waals surface area (Å²) in [6, 6.07) is 12.4. The molecule has 8 nitrogen and oxygen atoms in total. The molecule has 3 heterocycles. The summed E-state index contributed by atoms with van der Waals surface area (Å²) in [7, 11) is 0. The van der Waals surface area contributed by atoms with Gasteiger partial charge in [0.05, 0.1) is 6.33 Å². The number of nitrogens with zero attached hydrogens (tertiary/aromatic N) is 5. The van der Waals surface area contributed by atoms with Gasteiger partial charge in [-0.05, 0) is 56.9 Å². The van der Waals surface area contributed by atoms with Crippen LogP contribution in [-0.4, -0.2) is 55.6 Å². The van der Waals surface area contributed by atoms with Crippen molar-refractivity contribution in [2.45, 2.75) is 94.9 Å². The van der Waals surface area contributed by atoms with E-state index in [9.17, 15) is 0 Å². The third kappa shape index (κ3) is 7.67. The maximum atomic E-state index is 6.15. The first-order chi connectivity index (χ1) is 17.7. The fourth-order valence-electron chi connectivity index (χ4n) is 6.25. The molecule has 6 rings (SSSR count). The number of hydrogen-bond acceptors (Lipinski definition) is 7. The van der Waals surface area contributed by atoms with Crippen LogP contribution in [0.25, 0.3) is 11.2 Å². The number of nitrogens with two attached hydrogens (primary N) is 1. The van der Waals surface area contributed by atoms with Gasteiger partial charge in [0.1, 0.15) is 0 Å². The van der Waals surface area contributed by atoms with E-state index >= 15 is 0 Å². The second kappa shape index (κ2) is 14.7. The smallest absolute Gasteiger partial charge is 0.227 e. The molecule has 39 heavy (non-hydrogen) atoms. The Balaban J connectivity index is 0.00000140. The number of hydrogen-bond donors (Lipinski definition) is 3. The molecule has 3 aromatic rings. The molecule has 3 aliphatic rings. The Hall–Kier alpha value is -1.84. The topological polar surface area (TPSA) is 96.9 Å². The van der Waals surface area contributed by atoms with Gasteiger partial charge >= 0.3 is 0 Å². The highest BCUT2D eigenvalue weighted by Crippen LogP contribution is 2.34. The zero-order valence-corrected chi connectivity index (χ0v) is 25.0. The summed E-state index contributed by atoms with van der Waals surface area (Å²) in [4.78, 5) is 17.4. The number of rotatable bonds is 7. The molecule has 0 unspecified atom stereocenters. The van der Waals surface area contributed by atoms with Crippen LogP contribution in [0, 0.1) is 0 Å². The van der Waals surface area contributed by atoms with Crippen LogP contribution < -0.4 is 16.4 Å². The molecule has 2 aromatic heterocycles. The second-order valence-electron chi connectivity index (χ2n) is 11.1. The summed E-state index contributed by atoms with van der Waals surface area (Å²) in [6.45, 7) is 3.19. The SMILES string of the molecule is Cl.Cl.Cl.NC1CCC(Nc2nc(NC3CCN(Cc4ccccc4)CC3)nc3c2ncn3C2CCCC2)CC1. The molecule has 0 spiro atoms. The maximum Gasteiger partial charge on any atom is 0.227 e. The first-order valence-corrected chi connectivity index (χ1v) is 14.0. The van der Waals surface area contributed by atoms with Crippen molar-refractivity contribution in [1.82, 2.24) is 24.4 Å². The number of fused-ring (bicyclic) bond motifs is 1. The van der Waals surface area contributed by atoms with E-state index in [1.54, 1.807) is 0 Å². The normalized spacial score (nSPS) is 22.5. The average molecular weight is 598 g/mol. The molecular formula is C28H43Cl3N8. The van der Waals surface area contributed by atoms with E-state index in [-0.39, 0.29) is 37.2 Å². The molecule has 4 N–H and O–H groups in total. The van der Waals surface area contributed by atoms with Crippen molar-refractivity contribution < 1.29 is 0 Å². The lowest BCUT2D eigenvalue weighted by Crippen LogP contribution is -2.39. The van der Waals surface area contributed by atoms with E-state index in [2.05, 4.69) is 50.4 Å². The van der Waals surface area contributed by atoms with E-state index in [1.165, 1.54) is 31.2 Å². The van der Waals surface area contributed by atoms with Gasteiger partial charge in [0, 0.05) is 43.8 Å². The van der Waals surface area contributed by atoms with Crippen molar-refractivity contribution in [3.63, 3.8) is 0 Å². The first kappa shape index (κ1) is 31.7. The molecule has 3 fully saturated rings. The largest absolute Gasteiger partial charge is 0.365 e. The zero-order chi connectivity index (χ0) is 24.3. The summed E-state index contributed by atoms with van der Waals surface area (Å²) in [5.74, 6) is 1.61. The van der Waals surface area contributed by atoms with Crippen molar-refractivity contribution in [2.75, 3.05) is 23.7 Å². The van der Waals surface area contributed by atoms with E-state index in [0.717, 1.165) is 81.1 Å². The monoisotopic (exact) mass is 596 g/mol. The lowest BCUT2D eigenvalue weighted by molar-refractivity contribution is 0.211. The fraction of sp³-hybridized carbons (Fsp3) is 0.607. The van der Waals surface area contributed by atoms with Gasteiger partial charge in [-0.25, -0.2) is 4.98 Å². The highest BCUT2D eigenvalue weighted by atomic mass is 35.5. The van der Waals surface area contributed by atoms with Crippen LogP contribution >= 0.6 is 37.2 Å². The minimum atomic E-state index is 0. The Bertz CT molecular complexity index is 1140. The van der Waals surface area contributed by atoms with Crippen molar-refractivity contribution in [3.8, 4) is 0 Å². The Labute approximate surface area is 250 Å². The number of nitrogens with one attached hydrogen (secondary N) is 2. The van der Waals surface area contributed by atoms with Crippen LogP contribution in [0.15, 0.2) is 36.7 Å². The van der Waals surface area contributed by atoms with Gasteiger partial charge in [0.25, 0.3) is 0 Å². The van der Waals surface area contributed by atoms with Crippen molar-refractivity contribution in [1.29, 1.82) is 0 Å². The summed E-state index contributed by atoms with van der Waals surface area (Å²) in [5.41, 5.74) is 9.41. The molecule has 0 radical (unpaired) electrons. The number of imidazole rings is 1. The molecule has 2 aliphatic carbocycles. The number of piperidine rings is 1. The number of anilines is 2. The van der Waals surface area contributed by atoms with Gasteiger partial charge in [-0.3, -0.25) is 4.90 Å². The Kier molecular flexibility index (Phi) is 11.9.